The zero-order chi connectivity index (χ0) is 11.0. The lowest BCUT2D eigenvalue weighted by molar-refractivity contribution is 0.238. The highest BCUT2D eigenvalue weighted by molar-refractivity contribution is 5.26. The summed E-state index contributed by atoms with van der Waals surface area (Å²) in [6.45, 7) is 4.96. The van der Waals surface area contributed by atoms with Gasteiger partial charge in [0.2, 0.25) is 5.89 Å². The van der Waals surface area contributed by atoms with Crippen molar-refractivity contribution in [3.63, 3.8) is 0 Å². The SMILES string of the molecule is Cc1nc(CN2CCC(=C3CC3)CC2)no1. The zero-order valence-electron chi connectivity index (χ0n) is 9.70. The van der Waals surface area contributed by atoms with Gasteiger partial charge in [-0.25, -0.2) is 0 Å². The topological polar surface area (TPSA) is 42.2 Å². The highest BCUT2D eigenvalue weighted by Crippen LogP contribution is 2.36. The third-order valence-electron chi connectivity index (χ3n) is 3.39. The Kier molecular flexibility index (Phi) is 2.52. The third-order valence-corrected chi connectivity index (χ3v) is 3.39. The number of nitrogens with zero attached hydrogens (tertiary/aromatic N) is 3. The Labute approximate surface area is 95.3 Å². The molecule has 0 unspecified atom stereocenters. The predicted octanol–water partition coefficient (Wildman–Crippen LogP) is 2.06. The molecule has 1 saturated heterocycles. The van der Waals surface area contributed by atoms with Crippen LogP contribution in [0.4, 0.5) is 0 Å². The van der Waals surface area contributed by atoms with Crippen molar-refractivity contribution >= 4 is 0 Å². The van der Waals surface area contributed by atoms with E-state index >= 15 is 0 Å². The van der Waals surface area contributed by atoms with Crippen molar-refractivity contribution in [1.82, 2.24) is 15.0 Å². The summed E-state index contributed by atoms with van der Waals surface area (Å²) in [7, 11) is 0. The molecule has 1 aromatic rings. The van der Waals surface area contributed by atoms with Gasteiger partial charge in [0.25, 0.3) is 0 Å². The molecule has 2 heterocycles. The lowest BCUT2D eigenvalue weighted by atomic mass is 10.0. The van der Waals surface area contributed by atoms with E-state index in [2.05, 4.69) is 15.0 Å². The number of aromatic nitrogens is 2. The summed E-state index contributed by atoms with van der Waals surface area (Å²) < 4.78 is 4.98. The number of hydrogen-bond donors (Lipinski definition) is 0. The van der Waals surface area contributed by atoms with Crippen LogP contribution in [0.25, 0.3) is 0 Å². The van der Waals surface area contributed by atoms with E-state index in [1.54, 1.807) is 11.1 Å². The Balaban J connectivity index is 1.56. The average molecular weight is 219 g/mol. The number of hydrogen-bond acceptors (Lipinski definition) is 4. The fraction of sp³-hybridized carbons (Fsp3) is 0.667. The summed E-state index contributed by atoms with van der Waals surface area (Å²) >= 11 is 0. The van der Waals surface area contributed by atoms with Crippen LogP contribution in [-0.2, 0) is 6.54 Å². The molecule has 1 aliphatic carbocycles. The number of rotatable bonds is 2. The van der Waals surface area contributed by atoms with E-state index < -0.39 is 0 Å². The van der Waals surface area contributed by atoms with Gasteiger partial charge in [0.05, 0.1) is 6.54 Å². The Morgan fingerprint density at radius 3 is 2.38 bits per heavy atom. The van der Waals surface area contributed by atoms with Gasteiger partial charge < -0.3 is 4.52 Å². The van der Waals surface area contributed by atoms with Gasteiger partial charge in [-0.2, -0.15) is 4.98 Å². The minimum Gasteiger partial charge on any atom is -0.340 e. The normalized spacial score (nSPS) is 21.6. The van der Waals surface area contributed by atoms with Crippen LogP contribution in [0, 0.1) is 6.92 Å². The molecule has 0 N–H and O–H groups in total. The van der Waals surface area contributed by atoms with E-state index in [0.29, 0.717) is 5.89 Å². The second-order valence-electron chi connectivity index (χ2n) is 4.71. The molecular formula is C12H17N3O. The van der Waals surface area contributed by atoms with Gasteiger partial charge in [0.15, 0.2) is 5.82 Å². The summed E-state index contributed by atoms with van der Waals surface area (Å²) in [5.74, 6) is 1.48. The maximum absolute atomic E-state index is 4.98. The largest absolute Gasteiger partial charge is 0.340 e. The maximum Gasteiger partial charge on any atom is 0.223 e. The van der Waals surface area contributed by atoms with Gasteiger partial charge in [-0.3, -0.25) is 4.90 Å². The van der Waals surface area contributed by atoms with Crippen molar-refractivity contribution < 1.29 is 4.52 Å². The van der Waals surface area contributed by atoms with Crippen LogP contribution in [0.5, 0.6) is 0 Å². The first-order chi connectivity index (χ1) is 7.81. The minimum absolute atomic E-state index is 0.660. The summed E-state index contributed by atoms with van der Waals surface area (Å²) in [4.78, 5) is 6.65. The van der Waals surface area contributed by atoms with Gasteiger partial charge in [-0.05, 0) is 25.7 Å². The molecule has 0 atom stereocenters. The average Bonchev–Trinajstić information content (AvgIpc) is 3.05. The second-order valence-corrected chi connectivity index (χ2v) is 4.71. The van der Waals surface area contributed by atoms with Gasteiger partial charge in [0, 0.05) is 20.0 Å². The lowest BCUT2D eigenvalue weighted by Gasteiger charge is -2.27. The van der Waals surface area contributed by atoms with E-state index in [-0.39, 0.29) is 0 Å². The van der Waals surface area contributed by atoms with Crippen LogP contribution in [0.2, 0.25) is 0 Å². The van der Waals surface area contributed by atoms with Crippen LogP contribution in [-0.4, -0.2) is 28.1 Å². The molecule has 3 rings (SSSR count). The number of aryl methyl sites for hydroxylation is 1. The first-order valence-corrected chi connectivity index (χ1v) is 6.02. The standard InChI is InChI=1S/C12H17N3O/c1-9-13-12(14-16-9)8-15-6-4-11(5-7-15)10-2-3-10/h2-8H2,1H3. The fourth-order valence-corrected chi connectivity index (χ4v) is 2.36. The highest BCUT2D eigenvalue weighted by atomic mass is 16.5. The zero-order valence-corrected chi connectivity index (χ0v) is 9.70. The monoisotopic (exact) mass is 219 g/mol. The molecule has 1 aliphatic heterocycles. The van der Waals surface area contributed by atoms with Crippen molar-refractivity contribution in [2.24, 2.45) is 0 Å². The van der Waals surface area contributed by atoms with Crippen molar-refractivity contribution in [2.75, 3.05) is 13.1 Å². The van der Waals surface area contributed by atoms with Gasteiger partial charge >= 0.3 is 0 Å². The van der Waals surface area contributed by atoms with Gasteiger partial charge in [-0.15, -0.1) is 0 Å². The van der Waals surface area contributed by atoms with Crippen molar-refractivity contribution in [1.29, 1.82) is 0 Å². The fourth-order valence-electron chi connectivity index (χ4n) is 2.36. The molecule has 0 amide bonds. The van der Waals surface area contributed by atoms with Gasteiger partial charge in [0.1, 0.15) is 0 Å². The molecule has 4 nitrogen and oxygen atoms in total. The predicted molar refractivity (Wildman–Crippen MR) is 59.8 cm³/mol. The van der Waals surface area contributed by atoms with Gasteiger partial charge in [-0.1, -0.05) is 16.3 Å². The summed E-state index contributed by atoms with van der Waals surface area (Å²) in [5, 5.41) is 3.94. The Hall–Kier alpha value is -1.16. The summed E-state index contributed by atoms with van der Waals surface area (Å²) in [5.41, 5.74) is 3.45. The molecule has 0 aromatic carbocycles. The minimum atomic E-state index is 0.660. The lowest BCUT2D eigenvalue weighted by Crippen LogP contribution is -2.30. The number of piperidine rings is 1. The van der Waals surface area contributed by atoms with Crippen molar-refractivity contribution in [2.45, 2.75) is 39.2 Å². The molecule has 4 heteroatoms. The van der Waals surface area contributed by atoms with E-state index in [1.807, 2.05) is 6.92 Å². The quantitative estimate of drug-likeness (QED) is 0.714. The number of likely N-dealkylation sites (tertiary alicyclic amines) is 1. The number of allylic oxidation sites excluding steroid dienone is 1. The van der Waals surface area contributed by atoms with Crippen molar-refractivity contribution in [3.05, 3.63) is 22.9 Å². The maximum atomic E-state index is 4.98. The van der Waals surface area contributed by atoms with Crippen LogP contribution in [0.3, 0.4) is 0 Å². The van der Waals surface area contributed by atoms with Crippen LogP contribution < -0.4 is 0 Å². The molecule has 0 bridgehead atoms. The van der Waals surface area contributed by atoms with Crippen LogP contribution in [0.15, 0.2) is 15.7 Å². The molecule has 1 aromatic heterocycles. The molecule has 0 radical (unpaired) electrons. The molecule has 16 heavy (non-hydrogen) atoms. The summed E-state index contributed by atoms with van der Waals surface area (Å²) in [6.07, 6.45) is 5.21. The first-order valence-electron chi connectivity index (χ1n) is 6.02. The second kappa shape index (κ2) is 4.01. The Bertz CT molecular complexity index is 406. The molecule has 86 valence electrons. The highest BCUT2D eigenvalue weighted by Gasteiger charge is 2.22. The third kappa shape index (κ3) is 2.16. The Morgan fingerprint density at radius 1 is 1.12 bits per heavy atom. The molecule has 2 aliphatic rings. The Morgan fingerprint density at radius 2 is 1.81 bits per heavy atom. The molecule has 0 spiro atoms. The van der Waals surface area contributed by atoms with Crippen LogP contribution >= 0.6 is 0 Å². The smallest absolute Gasteiger partial charge is 0.223 e. The van der Waals surface area contributed by atoms with E-state index in [0.717, 1.165) is 25.5 Å². The van der Waals surface area contributed by atoms with Crippen LogP contribution in [0.1, 0.15) is 37.4 Å². The van der Waals surface area contributed by atoms with Crippen molar-refractivity contribution in [3.8, 4) is 0 Å². The summed E-state index contributed by atoms with van der Waals surface area (Å²) in [6, 6.07) is 0. The van der Waals surface area contributed by atoms with E-state index in [4.69, 9.17) is 4.52 Å². The van der Waals surface area contributed by atoms with E-state index in [1.165, 1.54) is 25.7 Å². The first kappa shape index (κ1) is 10.0. The molecular weight excluding hydrogens is 202 g/mol. The van der Waals surface area contributed by atoms with E-state index in [9.17, 15) is 0 Å². The molecule has 1 saturated carbocycles. The molecule has 2 fully saturated rings.